The maximum absolute atomic E-state index is 11.9. The Morgan fingerprint density at radius 2 is 1.90 bits per heavy atom. The first kappa shape index (κ1) is 19.1. The second-order valence-corrected chi connectivity index (χ2v) is 5.32. The van der Waals surface area contributed by atoms with Crippen LogP contribution < -0.4 is 5.32 Å². The quantitative estimate of drug-likeness (QED) is 0.400. The summed E-state index contributed by atoms with van der Waals surface area (Å²) < 4.78 is 21.3. The number of carboxylic acids is 1. The summed E-state index contributed by atoms with van der Waals surface area (Å²) in [7, 11) is 0. The normalized spacial score (nSPS) is 12.4. The lowest BCUT2D eigenvalue weighted by Gasteiger charge is -2.19. The number of alkyl carbamates (subject to hydrolysis) is 1. The van der Waals surface area contributed by atoms with E-state index in [2.05, 4.69) is 10.1 Å². The van der Waals surface area contributed by atoms with Crippen LogP contribution in [0.4, 0.5) is 9.18 Å². The van der Waals surface area contributed by atoms with Crippen LogP contribution in [0.3, 0.4) is 0 Å². The summed E-state index contributed by atoms with van der Waals surface area (Å²) in [6.07, 6.45) is -0.383. The molecule has 1 atom stereocenters. The summed E-state index contributed by atoms with van der Waals surface area (Å²) in [4.78, 5) is 33.6. The molecule has 21 heavy (non-hydrogen) atoms. The van der Waals surface area contributed by atoms with Gasteiger partial charge in [0.2, 0.25) is 0 Å². The third kappa shape index (κ3) is 9.64. The van der Waals surface area contributed by atoms with E-state index in [4.69, 9.17) is 9.84 Å². The van der Waals surface area contributed by atoms with Gasteiger partial charge < -0.3 is 19.9 Å². The van der Waals surface area contributed by atoms with Crippen LogP contribution >= 0.6 is 0 Å². The lowest BCUT2D eigenvalue weighted by molar-refractivity contribution is -0.159. The van der Waals surface area contributed by atoms with Crippen molar-refractivity contribution in [3.63, 3.8) is 0 Å². The molecule has 1 amide bonds. The molecule has 0 radical (unpaired) electrons. The second-order valence-electron chi connectivity index (χ2n) is 5.32. The van der Waals surface area contributed by atoms with Gasteiger partial charge in [-0.05, 0) is 33.6 Å². The maximum atomic E-state index is 11.9. The van der Waals surface area contributed by atoms with Crippen molar-refractivity contribution in [3.05, 3.63) is 0 Å². The summed E-state index contributed by atoms with van der Waals surface area (Å²) in [5.74, 6) is -3.68. The largest absolute Gasteiger partial charge is 0.481 e. The van der Waals surface area contributed by atoms with Crippen LogP contribution in [-0.2, 0) is 19.1 Å². The molecule has 0 aliphatic heterocycles. The Kier molecular flexibility index (Phi) is 8.34. The van der Waals surface area contributed by atoms with E-state index in [1.807, 2.05) is 0 Å². The van der Waals surface area contributed by atoms with Crippen molar-refractivity contribution >= 4 is 18.0 Å². The number of carbonyl (C=O) groups excluding carboxylic acids is 2. The molecule has 0 aliphatic carbocycles. The van der Waals surface area contributed by atoms with E-state index in [1.165, 1.54) is 0 Å². The van der Waals surface area contributed by atoms with Crippen LogP contribution in [0.2, 0.25) is 0 Å². The van der Waals surface area contributed by atoms with E-state index >= 15 is 0 Å². The average molecular weight is 307 g/mol. The van der Waals surface area contributed by atoms with Crippen LogP contribution in [-0.4, -0.2) is 48.6 Å². The molecule has 0 aliphatic rings. The van der Waals surface area contributed by atoms with Gasteiger partial charge in [0.25, 0.3) is 0 Å². The maximum Gasteiger partial charge on any atom is 0.407 e. The highest BCUT2D eigenvalue weighted by atomic mass is 19.1. The summed E-state index contributed by atoms with van der Waals surface area (Å²) in [5, 5.41) is 11.3. The Labute approximate surface area is 122 Å². The first-order valence-electron chi connectivity index (χ1n) is 6.59. The van der Waals surface area contributed by atoms with Crippen LogP contribution in [0.1, 0.15) is 33.6 Å². The molecule has 7 nitrogen and oxygen atoms in total. The van der Waals surface area contributed by atoms with Gasteiger partial charge in [0.05, 0.1) is 0 Å². The molecule has 0 spiro atoms. The zero-order chi connectivity index (χ0) is 16.5. The zero-order valence-electron chi connectivity index (χ0n) is 12.5. The highest BCUT2D eigenvalue weighted by molar-refractivity contribution is 5.93. The van der Waals surface area contributed by atoms with E-state index in [-0.39, 0.29) is 19.4 Å². The lowest BCUT2D eigenvalue weighted by Crippen LogP contribution is -2.33. The predicted octanol–water partition coefficient (Wildman–Crippen LogP) is 1.50. The second kappa shape index (κ2) is 9.15. The fourth-order valence-corrected chi connectivity index (χ4v) is 1.39. The molecule has 1 unspecified atom stereocenters. The molecule has 0 rings (SSSR count). The molecule has 0 bridgehead atoms. The average Bonchev–Trinajstić information content (AvgIpc) is 2.33. The number of esters is 1. The third-order valence-corrected chi connectivity index (χ3v) is 2.24. The number of hydrogen-bond acceptors (Lipinski definition) is 5. The number of carbonyl (C=O) groups is 3. The first-order valence-corrected chi connectivity index (χ1v) is 6.59. The molecule has 0 fully saturated rings. The van der Waals surface area contributed by atoms with Gasteiger partial charge in [-0.15, -0.1) is 0 Å². The SMILES string of the molecule is CC(C)(C)OC(=O)NCCCC(C(=O)O)C(=O)OCCF. The number of amides is 1. The van der Waals surface area contributed by atoms with Crippen molar-refractivity contribution in [1.82, 2.24) is 5.32 Å². The van der Waals surface area contributed by atoms with Crippen LogP contribution in [0.15, 0.2) is 0 Å². The van der Waals surface area contributed by atoms with Gasteiger partial charge in [0.15, 0.2) is 5.92 Å². The van der Waals surface area contributed by atoms with Gasteiger partial charge in [-0.1, -0.05) is 0 Å². The van der Waals surface area contributed by atoms with Crippen molar-refractivity contribution in [2.24, 2.45) is 5.92 Å². The minimum atomic E-state index is -1.36. The highest BCUT2D eigenvalue weighted by Gasteiger charge is 2.27. The molecule has 0 saturated carbocycles. The number of halogens is 1. The summed E-state index contributed by atoms with van der Waals surface area (Å²) in [6.45, 7) is 3.99. The standard InChI is InChI=1S/C13H22FNO6/c1-13(2,3)21-12(19)15-7-4-5-9(10(16)17)11(18)20-8-6-14/h9H,4-8H2,1-3H3,(H,15,19)(H,16,17). The fraction of sp³-hybridized carbons (Fsp3) is 0.769. The van der Waals surface area contributed by atoms with Crippen molar-refractivity contribution < 1.29 is 33.4 Å². The predicted molar refractivity (Wildman–Crippen MR) is 71.5 cm³/mol. The molecule has 2 N–H and O–H groups in total. The zero-order valence-corrected chi connectivity index (χ0v) is 12.5. The molecule has 0 heterocycles. The number of aliphatic carboxylic acids is 1. The van der Waals surface area contributed by atoms with Crippen molar-refractivity contribution in [2.75, 3.05) is 19.8 Å². The summed E-state index contributed by atoms with van der Waals surface area (Å²) in [6, 6.07) is 0. The van der Waals surface area contributed by atoms with Crippen LogP contribution in [0.25, 0.3) is 0 Å². The highest BCUT2D eigenvalue weighted by Crippen LogP contribution is 2.10. The molecular formula is C13H22FNO6. The Morgan fingerprint density at radius 3 is 2.38 bits per heavy atom. The van der Waals surface area contributed by atoms with Gasteiger partial charge in [-0.25, -0.2) is 9.18 Å². The Balaban J connectivity index is 4.08. The molecule has 122 valence electrons. The van der Waals surface area contributed by atoms with Crippen molar-refractivity contribution in [2.45, 2.75) is 39.2 Å². The van der Waals surface area contributed by atoms with Gasteiger partial charge in [0.1, 0.15) is 18.9 Å². The Morgan fingerprint density at radius 1 is 1.29 bits per heavy atom. The van der Waals surface area contributed by atoms with Crippen molar-refractivity contribution in [3.8, 4) is 0 Å². The molecular weight excluding hydrogens is 285 g/mol. The topological polar surface area (TPSA) is 102 Å². The summed E-state index contributed by atoms with van der Waals surface area (Å²) in [5.41, 5.74) is -0.621. The minimum Gasteiger partial charge on any atom is -0.481 e. The van der Waals surface area contributed by atoms with E-state index in [0.717, 1.165) is 0 Å². The third-order valence-electron chi connectivity index (χ3n) is 2.24. The van der Waals surface area contributed by atoms with E-state index in [9.17, 15) is 18.8 Å². The Bertz CT molecular complexity index is 366. The molecule has 0 saturated heterocycles. The smallest absolute Gasteiger partial charge is 0.407 e. The van der Waals surface area contributed by atoms with Gasteiger partial charge >= 0.3 is 18.0 Å². The van der Waals surface area contributed by atoms with Crippen LogP contribution in [0.5, 0.6) is 0 Å². The fourth-order valence-electron chi connectivity index (χ4n) is 1.39. The number of carboxylic acid groups (broad SMARTS) is 1. The van der Waals surface area contributed by atoms with Crippen LogP contribution in [0, 0.1) is 5.92 Å². The Hall–Kier alpha value is -1.86. The number of ether oxygens (including phenoxy) is 2. The van der Waals surface area contributed by atoms with Crippen molar-refractivity contribution in [1.29, 1.82) is 0 Å². The number of rotatable bonds is 8. The molecule has 0 aromatic carbocycles. The van der Waals surface area contributed by atoms with E-state index in [0.29, 0.717) is 0 Å². The van der Waals surface area contributed by atoms with Gasteiger partial charge in [0, 0.05) is 6.54 Å². The number of hydrogen-bond donors (Lipinski definition) is 2. The minimum absolute atomic E-state index is 0.0176. The summed E-state index contributed by atoms with van der Waals surface area (Å²) >= 11 is 0. The van der Waals surface area contributed by atoms with E-state index < -0.39 is 42.8 Å². The monoisotopic (exact) mass is 307 g/mol. The first-order chi connectivity index (χ1) is 9.67. The number of alkyl halides is 1. The van der Waals surface area contributed by atoms with Gasteiger partial charge in [-0.2, -0.15) is 0 Å². The van der Waals surface area contributed by atoms with Gasteiger partial charge in [-0.3, -0.25) is 9.59 Å². The molecule has 0 aromatic heterocycles. The molecule has 8 heteroatoms. The van der Waals surface area contributed by atoms with E-state index in [1.54, 1.807) is 20.8 Å². The molecule has 0 aromatic rings. The lowest BCUT2D eigenvalue weighted by atomic mass is 10.0. The number of nitrogens with one attached hydrogen (secondary N) is 1.